The molecule has 3 nitrogen and oxygen atoms in total. The molecule has 0 unspecified atom stereocenters. The summed E-state index contributed by atoms with van der Waals surface area (Å²) in [6.07, 6.45) is 9.01. The standard InChI is InChI=1S/C18H33NO2/c1-17(2)13-8-9-18(17,3)16(10-13)21-12-15(20)11-19-14-6-4-5-7-14/h13-16,19-20H,4-12H2,1-3H3/t13-,15+,16+,18-/m0/s1. The number of aliphatic hydroxyl groups is 1. The van der Waals surface area contributed by atoms with Crippen molar-refractivity contribution in [1.29, 1.82) is 0 Å². The average molecular weight is 295 g/mol. The van der Waals surface area contributed by atoms with E-state index in [0.717, 1.165) is 5.92 Å². The van der Waals surface area contributed by atoms with Crippen LogP contribution in [-0.4, -0.2) is 36.5 Å². The normalized spacial score (nSPS) is 40.0. The summed E-state index contributed by atoms with van der Waals surface area (Å²) >= 11 is 0. The maximum atomic E-state index is 10.2. The summed E-state index contributed by atoms with van der Waals surface area (Å²) < 4.78 is 6.16. The highest BCUT2D eigenvalue weighted by molar-refractivity contribution is 5.11. The molecule has 3 saturated carbocycles. The Balaban J connectivity index is 1.43. The van der Waals surface area contributed by atoms with Crippen LogP contribution in [0.25, 0.3) is 0 Å². The van der Waals surface area contributed by atoms with Gasteiger partial charge in [-0.15, -0.1) is 0 Å². The Morgan fingerprint density at radius 2 is 1.90 bits per heavy atom. The van der Waals surface area contributed by atoms with E-state index in [2.05, 4.69) is 26.1 Å². The predicted octanol–water partition coefficient (Wildman–Crippen LogP) is 3.11. The van der Waals surface area contributed by atoms with Crippen LogP contribution in [-0.2, 0) is 4.74 Å². The van der Waals surface area contributed by atoms with E-state index in [0.29, 0.717) is 36.1 Å². The number of aliphatic hydroxyl groups excluding tert-OH is 1. The van der Waals surface area contributed by atoms with Crippen molar-refractivity contribution in [3.8, 4) is 0 Å². The van der Waals surface area contributed by atoms with Gasteiger partial charge < -0.3 is 15.2 Å². The number of fused-ring (bicyclic) bond motifs is 2. The van der Waals surface area contributed by atoms with Crippen LogP contribution in [0.4, 0.5) is 0 Å². The fourth-order valence-electron chi connectivity index (χ4n) is 5.10. The molecular weight excluding hydrogens is 262 g/mol. The zero-order valence-corrected chi connectivity index (χ0v) is 14.0. The van der Waals surface area contributed by atoms with E-state index >= 15 is 0 Å². The molecule has 122 valence electrons. The third-order valence-electron chi connectivity index (χ3n) is 7.20. The second-order valence-corrected chi connectivity index (χ2v) is 8.48. The first-order valence-electron chi connectivity index (χ1n) is 8.96. The zero-order valence-electron chi connectivity index (χ0n) is 14.0. The molecule has 0 aromatic carbocycles. The first-order valence-corrected chi connectivity index (χ1v) is 8.96. The number of ether oxygens (including phenoxy) is 1. The Morgan fingerprint density at radius 3 is 2.48 bits per heavy atom. The molecule has 3 heteroatoms. The van der Waals surface area contributed by atoms with Crippen molar-refractivity contribution in [3.05, 3.63) is 0 Å². The van der Waals surface area contributed by atoms with Crippen molar-refractivity contribution in [1.82, 2.24) is 5.32 Å². The van der Waals surface area contributed by atoms with Crippen LogP contribution in [0.1, 0.15) is 65.7 Å². The van der Waals surface area contributed by atoms with E-state index in [-0.39, 0.29) is 6.10 Å². The quantitative estimate of drug-likeness (QED) is 0.791. The lowest BCUT2D eigenvalue weighted by atomic mass is 9.70. The van der Waals surface area contributed by atoms with Crippen molar-refractivity contribution < 1.29 is 9.84 Å². The fraction of sp³-hybridized carbons (Fsp3) is 1.00. The minimum absolute atomic E-state index is 0.302. The van der Waals surface area contributed by atoms with Gasteiger partial charge in [-0.05, 0) is 48.9 Å². The molecule has 3 aliphatic carbocycles. The Bertz CT molecular complexity index is 364. The summed E-state index contributed by atoms with van der Waals surface area (Å²) in [6.45, 7) is 8.38. The summed E-state index contributed by atoms with van der Waals surface area (Å²) in [5.41, 5.74) is 0.695. The Labute approximate surface area is 129 Å². The summed E-state index contributed by atoms with van der Waals surface area (Å²) in [6, 6.07) is 0.624. The fourth-order valence-corrected chi connectivity index (χ4v) is 5.10. The molecule has 2 bridgehead atoms. The van der Waals surface area contributed by atoms with Gasteiger partial charge in [-0.1, -0.05) is 33.6 Å². The van der Waals surface area contributed by atoms with Gasteiger partial charge in [0, 0.05) is 12.6 Å². The zero-order chi connectivity index (χ0) is 15.1. The van der Waals surface area contributed by atoms with Gasteiger partial charge in [0.25, 0.3) is 0 Å². The molecule has 0 aromatic heterocycles. The van der Waals surface area contributed by atoms with E-state index in [4.69, 9.17) is 4.74 Å². The van der Waals surface area contributed by atoms with E-state index in [1.807, 2.05) is 0 Å². The molecular formula is C18H33NO2. The Morgan fingerprint density at radius 1 is 1.19 bits per heavy atom. The average Bonchev–Trinajstić information content (AvgIpc) is 3.08. The lowest BCUT2D eigenvalue weighted by Crippen LogP contribution is -2.41. The molecule has 0 heterocycles. The smallest absolute Gasteiger partial charge is 0.0897 e. The SMILES string of the molecule is CC1(C)[C@H]2CC[C@@]1(C)[C@H](OC[C@H](O)CNC1CCCC1)C2. The highest BCUT2D eigenvalue weighted by Crippen LogP contribution is 2.66. The molecule has 0 aromatic rings. The highest BCUT2D eigenvalue weighted by atomic mass is 16.5. The van der Waals surface area contributed by atoms with Gasteiger partial charge >= 0.3 is 0 Å². The van der Waals surface area contributed by atoms with Gasteiger partial charge in [0.15, 0.2) is 0 Å². The van der Waals surface area contributed by atoms with Crippen LogP contribution < -0.4 is 5.32 Å². The third kappa shape index (κ3) is 2.77. The maximum Gasteiger partial charge on any atom is 0.0897 e. The van der Waals surface area contributed by atoms with Gasteiger partial charge in [-0.3, -0.25) is 0 Å². The molecule has 3 rings (SSSR count). The van der Waals surface area contributed by atoms with Gasteiger partial charge in [-0.25, -0.2) is 0 Å². The minimum atomic E-state index is -0.364. The first-order chi connectivity index (χ1) is 9.93. The molecule has 21 heavy (non-hydrogen) atoms. The summed E-state index contributed by atoms with van der Waals surface area (Å²) in [4.78, 5) is 0. The van der Waals surface area contributed by atoms with Gasteiger partial charge in [-0.2, -0.15) is 0 Å². The van der Waals surface area contributed by atoms with Gasteiger partial charge in [0.1, 0.15) is 0 Å². The van der Waals surface area contributed by atoms with E-state index in [1.165, 1.54) is 44.9 Å². The Kier molecular flexibility index (Phi) is 4.37. The van der Waals surface area contributed by atoms with E-state index < -0.39 is 0 Å². The van der Waals surface area contributed by atoms with Crippen molar-refractivity contribution in [2.24, 2.45) is 16.7 Å². The molecule has 0 amide bonds. The number of hydrogen-bond acceptors (Lipinski definition) is 3. The molecule has 3 aliphatic rings. The van der Waals surface area contributed by atoms with Crippen LogP contribution >= 0.6 is 0 Å². The second-order valence-electron chi connectivity index (χ2n) is 8.48. The van der Waals surface area contributed by atoms with Crippen molar-refractivity contribution >= 4 is 0 Å². The molecule has 3 fully saturated rings. The molecule has 0 radical (unpaired) electrons. The monoisotopic (exact) mass is 295 g/mol. The van der Waals surface area contributed by atoms with Crippen LogP contribution in [0.15, 0.2) is 0 Å². The predicted molar refractivity (Wildman–Crippen MR) is 85.2 cm³/mol. The lowest BCUT2D eigenvalue weighted by Gasteiger charge is -2.39. The van der Waals surface area contributed by atoms with Crippen LogP contribution in [0.5, 0.6) is 0 Å². The Hall–Kier alpha value is -0.120. The molecule has 0 saturated heterocycles. The van der Waals surface area contributed by atoms with E-state index in [1.54, 1.807) is 0 Å². The second kappa shape index (κ2) is 5.82. The molecule has 2 N–H and O–H groups in total. The number of hydrogen-bond donors (Lipinski definition) is 2. The first kappa shape index (κ1) is 15.8. The topological polar surface area (TPSA) is 41.5 Å². The van der Waals surface area contributed by atoms with E-state index in [9.17, 15) is 5.11 Å². The third-order valence-corrected chi connectivity index (χ3v) is 7.20. The van der Waals surface area contributed by atoms with Gasteiger partial charge in [0.05, 0.1) is 18.8 Å². The van der Waals surface area contributed by atoms with Crippen molar-refractivity contribution in [3.63, 3.8) is 0 Å². The summed E-state index contributed by atoms with van der Waals surface area (Å²) in [7, 11) is 0. The van der Waals surface area contributed by atoms with Crippen molar-refractivity contribution in [2.45, 2.75) is 84.0 Å². The molecule has 0 aliphatic heterocycles. The molecule has 4 atom stereocenters. The van der Waals surface area contributed by atoms with Crippen molar-refractivity contribution in [2.75, 3.05) is 13.2 Å². The summed E-state index contributed by atoms with van der Waals surface area (Å²) in [5, 5.41) is 13.7. The molecule has 0 spiro atoms. The number of nitrogens with one attached hydrogen (secondary N) is 1. The summed E-state index contributed by atoms with van der Waals surface area (Å²) in [5.74, 6) is 0.807. The minimum Gasteiger partial charge on any atom is -0.389 e. The van der Waals surface area contributed by atoms with Crippen LogP contribution in [0.3, 0.4) is 0 Å². The highest BCUT2D eigenvalue weighted by Gasteiger charge is 2.61. The lowest BCUT2D eigenvalue weighted by molar-refractivity contribution is -0.0744. The largest absolute Gasteiger partial charge is 0.389 e. The maximum absolute atomic E-state index is 10.2. The number of rotatable bonds is 6. The van der Waals surface area contributed by atoms with Gasteiger partial charge in [0.2, 0.25) is 0 Å². The van der Waals surface area contributed by atoms with Crippen LogP contribution in [0, 0.1) is 16.7 Å². The van der Waals surface area contributed by atoms with Crippen LogP contribution in [0.2, 0.25) is 0 Å².